The Morgan fingerprint density at radius 2 is 2.04 bits per heavy atom. The first-order chi connectivity index (χ1) is 10.5. The molecule has 1 amide bonds. The molecule has 23 heavy (non-hydrogen) atoms. The zero-order valence-electron chi connectivity index (χ0n) is 14.5. The van der Waals surface area contributed by atoms with E-state index in [-0.39, 0.29) is 22.8 Å². The summed E-state index contributed by atoms with van der Waals surface area (Å²) < 4.78 is 21.2. The van der Waals surface area contributed by atoms with E-state index < -0.39 is 8.32 Å². The summed E-state index contributed by atoms with van der Waals surface area (Å²) in [4.78, 5) is 13.8. The van der Waals surface area contributed by atoms with Gasteiger partial charge in [-0.2, -0.15) is 0 Å². The number of amides is 1. The molecular weight excluding hydrogens is 377 g/mol. The van der Waals surface area contributed by atoms with Crippen molar-refractivity contribution in [3.05, 3.63) is 28.5 Å². The van der Waals surface area contributed by atoms with Crippen LogP contribution in [-0.2, 0) is 9.22 Å². The van der Waals surface area contributed by atoms with E-state index in [4.69, 9.17) is 4.43 Å². The van der Waals surface area contributed by atoms with E-state index >= 15 is 0 Å². The van der Waals surface area contributed by atoms with Crippen molar-refractivity contribution in [2.45, 2.75) is 57.8 Å². The monoisotopic (exact) mass is 401 g/mol. The molecule has 0 N–H and O–H groups in total. The highest BCUT2D eigenvalue weighted by molar-refractivity contribution is 9.10. The molecule has 0 aliphatic carbocycles. The van der Waals surface area contributed by atoms with Crippen LogP contribution in [0.5, 0.6) is 0 Å². The van der Waals surface area contributed by atoms with Crippen LogP contribution in [0.25, 0.3) is 0 Å². The van der Waals surface area contributed by atoms with E-state index in [0.29, 0.717) is 29.6 Å². The average molecular weight is 402 g/mol. The minimum atomic E-state index is -1.89. The van der Waals surface area contributed by atoms with E-state index in [1.165, 1.54) is 6.07 Å². The molecule has 0 spiro atoms. The lowest BCUT2D eigenvalue weighted by Crippen LogP contribution is -2.45. The molecule has 0 aromatic heterocycles. The molecule has 1 atom stereocenters. The summed E-state index contributed by atoms with van der Waals surface area (Å²) in [5, 5.41) is 0.114. The van der Waals surface area contributed by atoms with Gasteiger partial charge >= 0.3 is 0 Å². The molecule has 128 valence electrons. The van der Waals surface area contributed by atoms with Crippen LogP contribution in [0.4, 0.5) is 10.1 Å². The van der Waals surface area contributed by atoms with Crippen molar-refractivity contribution in [3.8, 4) is 0 Å². The van der Waals surface area contributed by atoms with E-state index in [2.05, 4.69) is 49.8 Å². The van der Waals surface area contributed by atoms with Crippen molar-refractivity contribution in [1.82, 2.24) is 0 Å². The Morgan fingerprint density at radius 3 is 2.61 bits per heavy atom. The summed E-state index contributed by atoms with van der Waals surface area (Å²) in [6.45, 7) is 11.4. The van der Waals surface area contributed by atoms with Crippen molar-refractivity contribution in [3.63, 3.8) is 0 Å². The van der Waals surface area contributed by atoms with E-state index in [9.17, 15) is 9.18 Å². The molecule has 1 heterocycles. The van der Waals surface area contributed by atoms with Gasteiger partial charge in [-0.25, -0.2) is 4.39 Å². The van der Waals surface area contributed by atoms with Gasteiger partial charge in [0.25, 0.3) is 0 Å². The van der Waals surface area contributed by atoms with Gasteiger partial charge in [-0.15, -0.1) is 0 Å². The first-order valence-corrected chi connectivity index (χ1v) is 11.6. The molecule has 0 saturated carbocycles. The summed E-state index contributed by atoms with van der Waals surface area (Å²) >= 11 is 3.25. The van der Waals surface area contributed by atoms with E-state index in [0.717, 1.165) is 0 Å². The Balaban J connectivity index is 2.17. The second kappa shape index (κ2) is 6.65. The maximum Gasteiger partial charge on any atom is 0.227 e. The number of carbonyl (C=O) groups is 1. The number of anilines is 1. The molecule has 0 radical (unpaired) electrons. The predicted octanol–water partition coefficient (Wildman–Crippen LogP) is 5.11. The number of carbonyl (C=O) groups excluding carboxylic acids is 1. The van der Waals surface area contributed by atoms with Gasteiger partial charge in [-0.1, -0.05) is 36.7 Å². The number of benzene rings is 1. The molecule has 0 unspecified atom stereocenters. The number of rotatable bonds is 4. The number of hydrogen-bond donors (Lipinski definition) is 0. The molecule has 1 aromatic rings. The lowest BCUT2D eigenvalue weighted by atomic mass is 10.2. The first-order valence-electron chi connectivity index (χ1n) is 7.94. The molecule has 1 saturated heterocycles. The van der Waals surface area contributed by atoms with Gasteiger partial charge in [-0.3, -0.25) is 4.79 Å². The highest BCUT2D eigenvalue weighted by Gasteiger charge is 2.40. The Bertz CT molecular complexity index is 601. The minimum Gasteiger partial charge on any atom is -0.415 e. The fourth-order valence-electron chi connectivity index (χ4n) is 2.43. The van der Waals surface area contributed by atoms with Crippen LogP contribution < -0.4 is 4.90 Å². The molecule has 1 fully saturated rings. The number of nitrogens with zero attached hydrogens (tertiary/aromatic N) is 1. The highest BCUT2D eigenvalue weighted by atomic mass is 79.9. The molecule has 6 heteroatoms. The predicted molar refractivity (Wildman–Crippen MR) is 97.8 cm³/mol. The van der Waals surface area contributed by atoms with Gasteiger partial charge in [-0.05, 0) is 42.8 Å². The van der Waals surface area contributed by atoms with Crippen LogP contribution in [0.15, 0.2) is 22.7 Å². The van der Waals surface area contributed by atoms with Gasteiger partial charge in [0.15, 0.2) is 8.32 Å². The van der Waals surface area contributed by atoms with Crippen molar-refractivity contribution in [1.29, 1.82) is 0 Å². The molecule has 1 aromatic carbocycles. The standard InChI is InChI=1S/C17H25BrFNO2Si/c1-17(2,3)23(4,5)22-11-13-7-9-16(21)20(13)15-8-6-12(18)10-14(15)19/h6,8,10,13H,7,9,11H2,1-5H3/t13-/m0/s1. The molecule has 3 nitrogen and oxygen atoms in total. The fraction of sp³-hybridized carbons (Fsp3) is 0.588. The zero-order chi connectivity index (χ0) is 17.4. The van der Waals surface area contributed by atoms with Crippen LogP contribution in [0.1, 0.15) is 33.6 Å². The Kier molecular flexibility index (Phi) is 5.38. The summed E-state index contributed by atoms with van der Waals surface area (Å²) in [5.41, 5.74) is 0.347. The van der Waals surface area contributed by atoms with Gasteiger partial charge in [0.2, 0.25) is 5.91 Å². The zero-order valence-corrected chi connectivity index (χ0v) is 17.0. The van der Waals surface area contributed by atoms with Crippen LogP contribution in [0, 0.1) is 5.82 Å². The molecular formula is C17H25BrFNO2Si. The third-order valence-electron chi connectivity index (χ3n) is 4.94. The summed E-state index contributed by atoms with van der Waals surface area (Å²) in [7, 11) is -1.89. The van der Waals surface area contributed by atoms with Crippen LogP contribution in [0.2, 0.25) is 18.1 Å². The normalized spacial score (nSPS) is 19.5. The van der Waals surface area contributed by atoms with Crippen LogP contribution >= 0.6 is 15.9 Å². The maximum absolute atomic E-state index is 14.3. The van der Waals surface area contributed by atoms with Crippen molar-refractivity contribution in [2.75, 3.05) is 11.5 Å². The number of halogens is 2. The topological polar surface area (TPSA) is 29.5 Å². The Labute approximate surface area is 147 Å². The molecule has 1 aliphatic rings. The second-order valence-electron chi connectivity index (χ2n) is 7.62. The van der Waals surface area contributed by atoms with Crippen molar-refractivity contribution in [2.24, 2.45) is 0 Å². The quantitative estimate of drug-likeness (QED) is 0.656. The minimum absolute atomic E-state index is 0.0324. The SMILES string of the molecule is CC(C)(C)[Si](C)(C)OC[C@@H]1CCC(=O)N1c1ccc(Br)cc1F. The van der Waals surface area contributed by atoms with Crippen molar-refractivity contribution >= 4 is 35.8 Å². The third-order valence-corrected chi connectivity index (χ3v) is 9.93. The summed E-state index contributed by atoms with van der Waals surface area (Å²) in [6, 6.07) is 4.72. The number of hydrogen-bond acceptors (Lipinski definition) is 2. The Hall–Kier alpha value is -0.723. The average Bonchev–Trinajstić information content (AvgIpc) is 2.77. The highest BCUT2D eigenvalue weighted by Crippen LogP contribution is 2.38. The summed E-state index contributed by atoms with van der Waals surface area (Å²) in [6.07, 6.45) is 1.16. The van der Waals surface area contributed by atoms with Gasteiger partial charge in [0.1, 0.15) is 5.82 Å². The fourth-order valence-corrected chi connectivity index (χ4v) is 3.81. The largest absolute Gasteiger partial charge is 0.415 e. The smallest absolute Gasteiger partial charge is 0.227 e. The molecule has 0 bridgehead atoms. The van der Waals surface area contributed by atoms with E-state index in [1.807, 2.05) is 0 Å². The lowest BCUT2D eigenvalue weighted by Gasteiger charge is -2.38. The Morgan fingerprint density at radius 1 is 1.39 bits per heavy atom. The van der Waals surface area contributed by atoms with E-state index in [1.54, 1.807) is 17.0 Å². The summed E-state index contributed by atoms with van der Waals surface area (Å²) in [5.74, 6) is -0.415. The molecule has 1 aliphatic heterocycles. The second-order valence-corrected chi connectivity index (χ2v) is 13.3. The maximum atomic E-state index is 14.3. The molecule has 2 rings (SSSR count). The lowest BCUT2D eigenvalue weighted by molar-refractivity contribution is -0.117. The van der Waals surface area contributed by atoms with Gasteiger partial charge in [0, 0.05) is 10.9 Å². The van der Waals surface area contributed by atoms with Gasteiger partial charge < -0.3 is 9.33 Å². The van der Waals surface area contributed by atoms with Crippen molar-refractivity contribution < 1.29 is 13.6 Å². The third kappa shape index (κ3) is 4.03. The first kappa shape index (κ1) is 18.6. The van der Waals surface area contributed by atoms with Gasteiger partial charge in [0.05, 0.1) is 18.3 Å². The van der Waals surface area contributed by atoms with Crippen LogP contribution in [0.3, 0.4) is 0 Å². The van der Waals surface area contributed by atoms with Crippen LogP contribution in [-0.4, -0.2) is 26.9 Å².